The SMILES string of the molecule is C1=C(c2cc[nH]c2)NOC12CN1CCC2CC1. The van der Waals surface area contributed by atoms with Gasteiger partial charge in [0.25, 0.3) is 0 Å². The molecular weight excluding hydrogens is 214 g/mol. The van der Waals surface area contributed by atoms with E-state index in [0.29, 0.717) is 5.92 Å². The molecule has 4 aliphatic heterocycles. The lowest BCUT2D eigenvalue weighted by Gasteiger charge is -2.49. The first-order chi connectivity index (χ1) is 8.36. The Balaban J connectivity index is 1.68. The molecule has 3 fully saturated rings. The molecule has 1 atom stereocenters. The third-order valence-corrected chi connectivity index (χ3v) is 4.40. The molecule has 1 aromatic rings. The standard InChI is InChI=1S/C13H17N3O/c1-4-14-8-10(1)12-7-13(17-15-12)9-16-5-2-11(13)3-6-16/h1,4,7-8,11,14-15H,2-3,5-6,9H2. The number of hydrogen-bond acceptors (Lipinski definition) is 3. The number of hydroxylamine groups is 1. The van der Waals surface area contributed by atoms with Crippen LogP contribution in [0.5, 0.6) is 0 Å². The van der Waals surface area contributed by atoms with Crippen LogP contribution in [-0.2, 0) is 4.84 Å². The van der Waals surface area contributed by atoms with Crippen molar-refractivity contribution in [2.75, 3.05) is 19.6 Å². The monoisotopic (exact) mass is 231 g/mol. The van der Waals surface area contributed by atoms with Gasteiger partial charge in [-0.15, -0.1) is 0 Å². The van der Waals surface area contributed by atoms with E-state index in [4.69, 9.17) is 4.84 Å². The van der Waals surface area contributed by atoms with Gasteiger partial charge in [-0.1, -0.05) is 0 Å². The van der Waals surface area contributed by atoms with Gasteiger partial charge >= 0.3 is 0 Å². The summed E-state index contributed by atoms with van der Waals surface area (Å²) in [5, 5.41) is 0. The van der Waals surface area contributed by atoms with Crippen molar-refractivity contribution < 1.29 is 4.84 Å². The number of nitrogens with one attached hydrogen (secondary N) is 2. The third kappa shape index (κ3) is 1.37. The first-order valence-electron chi connectivity index (χ1n) is 6.38. The van der Waals surface area contributed by atoms with E-state index in [9.17, 15) is 0 Å². The zero-order chi connectivity index (χ0) is 11.3. The van der Waals surface area contributed by atoms with Gasteiger partial charge in [-0.25, -0.2) is 0 Å². The second-order valence-corrected chi connectivity index (χ2v) is 5.37. The molecule has 1 unspecified atom stereocenters. The molecule has 0 amide bonds. The summed E-state index contributed by atoms with van der Waals surface area (Å²) < 4.78 is 0. The maximum atomic E-state index is 5.95. The normalized spacial score (nSPS) is 39.4. The minimum atomic E-state index is -0.0803. The van der Waals surface area contributed by atoms with Crippen LogP contribution in [0.1, 0.15) is 18.4 Å². The minimum absolute atomic E-state index is 0.0803. The van der Waals surface area contributed by atoms with Gasteiger partial charge in [0.05, 0.1) is 5.70 Å². The lowest BCUT2D eigenvalue weighted by molar-refractivity contribution is -0.135. The average molecular weight is 231 g/mol. The van der Waals surface area contributed by atoms with Crippen LogP contribution in [0.3, 0.4) is 0 Å². The van der Waals surface area contributed by atoms with Gasteiger partial charge in [-0.2, -0.15) is 0 Å². The van der Waals surface area contributed by atoms with Gasteiger partial charge in [0.1, 0.15) is 5.60 Å². The number of fused-ring (bicyclic) bond motifs is 2. The van der Waals surface area contributed by atoms with E-state index >= 15 is 0 Å². The topological polar surface area (TPSA) is 40.3 Å². The van der Waals surface area contributed by atoms with Gasteiger partial charge < -0.3 is 4.98 Å². The van der Waals surface area contributed by atoms with Crippen LogP contribution in [0.2, 0.25) is 0 Å². The van der Waals surface area contributed by atoms with Gasteiger partial charge in [-0.3, -0.25) is 15.2 Å². The largest absolute Gasteiger partial charge is 0.367 e. The number of H-pyrrole nitrogens is 1. The van der Waals surface area contributed by atoms with E-state index in [1.54, 1.807) is 0 Å². The molecule has 5 rings (SSSR count). The van der Waals surface area contributed by atoms with Gasteiger partial charge in [0.2, 0.25) is 0 Å². The number of aromatic amines is 1. The molecule has 4 aliphatic rings. The highest BCUT2D eigenvalue weighted by atomic mass is 16.7. The van der Waals surface area contributed by atoms with Crippen molar-refractivity contribution in [3.05, 3.63) is 30.1 Å². The smallest absolute Gasteiger partial charge is 0.132 e. The third-order valence-electron chi connectivity index (χ3n) is 4.40. The molecule has 2 bridgehead atoms. The maximum absolute atomic E-state index is 5.95. The van der Waals surface area contributed by atoms with Crippen LogP contribution in [0, 0.1) is 5.92 Å². The highest BCUT2D eigenvalue weighted by molar-refractivity contribution is 5.65. The van der Waals surface area contributed by atoms with Crippen molar-refractivity contribution >= 4 is 5.70 Å². The molecule has 0 aliphatic carbocycles. The van der Waals surface area contributed by atoms with Crippen molar-refractivity contribution in [3.8, 4) is 0 Å². The molecule has 4 nitrogen and oxygen atoms in total. The highest BCUT2D eigenvalue weighted by Gasteiger charge is 2.49. The number of rotatable bonds is 1. The van der Waals surface area contributed by atoms with Crippen LogP contribution in [0.25, 0.3) is 5.70 Å². The Morgan fingerprint density at radius 3 is 2.88 bits per heavy atom. The molecule has 5 heterocycles. The van der Waals surface area contributed by atoms with Crippen molar-refractivity contribution in [2.24, 2.45) is 5.92 Å². The van der Waals surface area contributed by atoms with E-state index < -0.39 is 0 Å². The zero-order valence-electron chi connectivity index (χ0n) is 9.78. The number of piperidine rings is 3. The van der Waals surface area contributed by atoms with Crippen LogP contribution in [0.4, 0.5) is 0 Å². The fourth-order valence-corrected chi connectivity index (χ4v) is 3.42. The summed E-state index contributed by atoms with van der Waals surface area (Å²) in [6.07, 6.45) is 8.77. The lowest BCUT2D eigenvalue weighted by atomic mass is 9.75. The van der Waals surface area contributed by atoms with E-state index in [-0.39, 0.29) is 5.60 Å². The second-order valence-electron chi connectivity index (χ2n) is 5.37. The Kier molecular flexibility index (Phi) is 1.93. The fourth-order valence-electron chi connectivity index (χ4n) is 3.42. The van der Waals surface area contributed by atoms with E-state index in [0.717, 1.165) is 12.2 Å². The fraction of sp³-hybridized carbons (Fsp3) is 0.538. The first kappa shape index (κ1) is 9.74. The Bertz CT molecular complexity index is 445. The molecular formula is C13H17N3O. The Labute approximate surface area is 101 Å². The van der Waals surface area contributed by atoms with E-state index in [2.05, 4.69) is 27.5 Å². The summed E-state index contributed by atoms with van der Waals surface area (Å²) in [7, 11) is 0. The Hall–Kier alpha value is -1.26. The van der Waals surface area contributed by atoms with E-state index in [1.807, 2.05) is 12.4 Å². The quantitative estimate of drug-likeness (QED) is 0.766. The van der Waals surface area contributed by atoms with Crippen molar-refractivity contribution in [1.29, 1.82) is 0 Å². The van der Waals surface area contributed by atoms with Crippen LogP contribution in [0.15, 0.2) is 24.5 Å². The summed E-state index contributed by atoms with van der Waals surface area (Å²) in [5.74, 6) is 0.677. The summed E-state index contributed by atoms with van der Waals surface area (Å²) in [4.78, 5) is 11.6. The van der Waals surface area contributed by atoms with Crippen LogP contribution >= 0.6 is 0 Å². The number of hydrogen-bond donors (Lipinski definition) is 2. The Morgan fingerprint density at radius 1 is 1.35 bits per heavy atom. The summed E-state index contributed by atoms with van der Waals surface area (Å²) >= 11 is 0. The van der Waals surface area contributed by atoms with Gasteiger partial charge in [-0.05, 0) is 44.0 Å². The second kappa shape index (κ2) is 3.37. The molecule has 0 radical (unpaired) electrons. The average Bonchev–Trinajstić information content (AvgIpc) is 3.00. The van der Waals surface area contributed by atoms with Crippen LogP contribution < -0.4 is 5.48 Å². The van der Waals surface area contributed by atoms with Crippen molar-refractivity contribution in [3.63, 3.8) is 0 Å². The van der Waals surface area contributed by atoms with Crippen molar-refractivity contribution in [2.45, 2.75) is 18.4 Å². The number of aromatic nitrogens is 1. The highest BCUT2D eigenvalue weighted by Crippen LogP contribution is 2.42. The maximum Gasteiger partial charge on any atom is 0.132 e. The van der Waals surface area contributed by atoms with E-state index in [1.165, 1.54) is 31.5 Å². The molecule has 0 saturated carbocycles. The first-order valence-corrected chi connectivity index (χ1v) is 6.38. The summed E-state index contributed by atoms with van der Waals surface area (Å²) in [6, 6.07) is 2.07. The molecule has 2 N–H and O–H groups in total. The van der Waals surface area contributed by atoms with Gasteiger partial charge in [0.15, 0.2) is 0 Å². The molecule has 17 heavy (non-hydrogen) atoms. The molecule has 1 spiro atoms. The molecule has 3 saturated heterocycles. The molecule has 90 valence electrons. The lowest BCUT2D eigenvalue weighted by Crippen LogP contribution is -2.58. The summed E-state index contributed by atoms with van der Waals surface area (Å²) in [6.45, 7) is 3.52. The molecule has 4 heteroatoms. The predicted molar refractivity (Wildman–Crippen MR) is 64.9 cm³/mol. The number of nitrogens with zero attached hydrogens (tertiary/aromatic N) is 1. The molecule has 1 aromatic heterocycles. The predicted octanol–water partition coefficient (Wildman–Crippen LogP) is 1.35. The molecule has 0 aromatic carbocycles. The summed E-state index contributed by atoms with van der Waals surface area (Å²) in [5.41, 5.74) is 5.33. The zero-order valence-corrected chi connectivity index (χ0v) is 9.78. The minimum Gasteiger partial charge on any atom is -0.367 e. The van der Waals surface area contributed by atoms with Crippen molar-refractivity contribution in [1.82, 2.24) is 15.4 Å². The Morgan fingerprint density at radius 2 is 2.24 bits per heavy atom. The van der Waals surface area contributed by atoms with Gasteiger partial charge in [0, 0.05) is 24.5 Å². The van der Waals surface area contributed by atoms with Crippen LogP contribution in [-0.4, -0.2) is 35.1 Å².